The molecule has 178 valence electrons. The number of ether oxygens (including phenoxy) is 1. The largest absolute Gasteiger partial charge is 0.434 e. The van der Waals surface area contributed by atoms with Crippen molar-refractivity contribution in [2.75, 3.05) is 11.6 Å². The number of benzene rings is 1. The van der Waals surface area contributed by atoms with E-state index in [9.17, 15) is 26.4 Å². The highest BCUT2D eigenvalue weighted by atomic mass is 32.2. The van der Waals surface area contributed by atoms with Crippen molar-refractivity contribution in [3.05, 3.63) is 58.6 Å². The Bertz CT molecular complexity index is 1150. The number of halogens is 3. The summed E-state index contributed by atoms with van der Waals surface area (Å²) in [6.07, 6.45) is 5.51. The van der Waals surface area contributed by atoms with Crippen LogP contribution >= 0.6 is 0 Å². The highest BCUT2D eigenvalue weighted by Crippen LogP contribution is 2.38. The van der Waals surface area contributed by atoms with Crippen LogP contribution in [0.3, 0.4) is 0 Å². The Morgan fingerprint density at radius 2 is 2.06 bits per heavy atom. The number of hydrogen-bond donors (Lipinski definition) is 2. The van der Waals surface area contributed by atoms with Gasteiger partial charge in [0.15, 0.2) is 9.84 Å². The Kier molecular flexibility index (Phi) is 7.57. The van der Waals surface area contributed by atoms with E-state index in [4.69, 9.17) is 0 Å². The number of carbonyl (C=O) groups is 1. The molecule has 33 heavy (non-hydrogen) atoms. The molecule has 3 rings (SSSR count). The van der Waals surface area contributed by atoms with Gasteiger partial charge in [-0.3, -0.25) is 4.79 Å². The van der Waals surface area contributed by atoms with Crippen LogP contribution in [0.2, 0.25) is 0 Å². The summed E-state index contributed by atoms with van der Waals surface area (Å²) in [7, 11) is -3.36. The monoisotopic (exact) mass is 484 g/mol. The molecule has 0 aliphatic heterocycles. The van der Waals surface area contributed by atoms with Crippen LogP contribution in [0.15, 0.2) is 35.9 Å². The molecule has 1 saturated carbocycles. The van der Waals surface area contributed by atoms with Gasteiger partial charge in [-0.25, -0.2) is 22.8 Å². The number of nitrogens with zero attached hydrogens (tertiary/aromatic N) is 2. The molecule has 1 aliphatic rings. The fraction of sp³-hybridized carbons (Fsp3) is 0.381. The third-order valence-corrected chi connectivity index (χ3v) is 5.30. The number of carbonyl (C=O) groups excluding carboxylic acids is 1. The second-order valence-electron chi connectivity index (χ2n) is 7.67. The SMILES string of the molecule is C[C@@H](/C=C/S(C)(=O)=O)NC(=O)c1cnc(C2CC2)nc1NCc1cc(F)ccc1OC(F)F. The van der Waals surface area contributed by atoms with Gasteiger partial charge in [0.1, 0.15) is 28.8 Å². The van der Waals surface area contributed by atoms with Crippen LogP contribution in [0.1, 0.15) is 47.4 Å². The molecule has 1 fully saturated rings. The van der Waals surface area contributed by atoms with Crippen LogP contribution in [0.5, 0.6) is 5.75 Å². The molecule has 0 spiro atoms. The first-order valence-electron chi connectivity index (χ1n) is 10.0. The zero-order valence-corrected chi connectivity index (χ0v) is 18.7. The van der Waals surface area contributed by atoms with Crippen molar-refractivity contribution in [1.29, 1.82) is 0 Å². The lowest BCUT2D eigenvalue weighted by atomic mass is 10.2. The number of nitrogens with one attached hydrogen (secondary N) is 2. The maximum absolute atomic E-state index is 13.7. The summed E-state index contributed by atoms with van der Waals surface area (Å²) in [5.74, 6) is -0.585. The molecule has 0 bridgehead atoms. The predicted molar refractivity (Wildman–Crippen MR) is 115 cm³/mol. The first kappa shape index (κ1) is 24.5. The van der Waals surface area contributed by atoms with Gasteiger partial charge < -0.3 is 15.4 Å². The van der Waals surface area contributed by atoms with Crippen LogP contribution in [0, 0.1) is 5.82 Å². The van der Waals surface area contributed by atoms with E-state index in [1.54, 1.807) is 6.92 Å². The van der Waals surface area contributed by atoms with Crippen molar-refractivity contribution >= 4 is 21.6 Å². The summed E-state index contributed by atoms with van der Waals surface area (Å²) in [6.45, 7) is -1.64. The van der Waals surface area contributed by atoms with E-state index in [2.05, 4.69) is 25.3 Å². The third kappa shape index (κ3) is 7.45. The van der Waals surface area contributed by atoms with Gasteiger partial charge >= 0.3 is 6.61 Å². The summed E-state index contributed by atoms with van der Waals surface area (Å²) in [4.78, 5) is 21.4. The Labute approximate surface area is 189 Å². The zero-order chi connectivity index (χ0) is 24.2. The molecule has 1 aromatic carbocycles. The molecule has 0 unspecified atom stereocenters. The van der Waals surface area contributed by atoms with Crippen LogP contribution in [-0.2, 0) is 16.4 Å². The molecule has 0 radical (unpaired) electrons. The Balaban J connectivity index is 1.82. The third-order valence-electron chi connectivity index (χ3n) is 4.65. The predicted octanol–water partition coefficient (Wildman–Crippen LogP) is 3.38. The van der Waals surface area contributed by atoms with Gasteiger partial charge in [-0.2, -0.15) is 8.78 Å². The number of rotatable bonds is 10. The molecular weight excluding hydrogens is 461 g/mol. The zero-order valence-electron chi connectivity index (χ0n) is 17.9. The molecule has 1 aliphatic carbocycles. The summed E-state index contributed by atoms with van der Waals surface area (Å²) >= 11 is 0. The molecule has 0 saturated heterocycles. The summed E-state index contributed by atoms with van der Waals surface area (Å²) in [5, 5.41) is 6.50. The minimum atomic E-state index is -3.36. The number of aromatic nitrogens is 2. The molecule has 2 aromatic rings. The van der Waals surface area contributed by atoms with Gasteiger partial charge in [0, 0.05) is 41.9 Å². The average molecular weight is 485 g/mol. The smallest absolute Gasteiger partial charge is 0.387 e. The first-order valence-corrected chi connectivity index (χ1v) is 12.0. The van der Waals surface area contributed by atoms with E-state index in [0.29, 0.717) is 5.82 Å². The number of alkyl halides is 2. The van der Waals surface area contributed by atoms with Crippen molar-refractivity contribution in [1.82, 2.24) is 15.3 Å². The average Bonchev–Trinajstić information content (AvgIpc) is 3.57. The second kappa shape index (κ2) is 10.2. The van der Waals surface area contributed by atoms with Crippen molar-refractivity contribution in [2.24, 2.45) is 0 Å². The van der Waals surface area contributed by atoms with Gasteiger partial charge in [0.2, 0.25) is 0 Å². The number of sulfone groups is 1. The van der Waals surface area contributed by atoms with Gasteiger partial charge in [-0.05, 0) is 38.0 Å². The minimum absolute atomic E-state index is 0.0618. The molecule has 8 nitrogen and oxygen atoms in total. The Hall–Kier alpha value is -3.15. The maximum Gasteiger partial charge on any atom is 0.387 e. The van der Waals surface area contributed by atoms with Gasteiger partial charge in [0.25, 0.3) is 5.91 Å². The van der Waals surface area contributed by atoms with E-state index in [0.717, 1.165) is 42.7 Å². The molecule has 1 atom stereocenters. The Morgan fingerprint density at radius 3 is 2.70 bits per heavy atom. The second-order valence-corrected chi connectivity index (χ2v) is 9.60. The lowest BCUT2D eigenvalue weighted by Gasteiger charge is -2.16. The number of anilines is 1. The maximum atomic E-state index is 13.7. The Morgan fingerprint density at radius 1 is 1.33 bits per heavy atom. The molecule has 12 heteroatoms. The summed E-state index contributed by atoms with van der Waals surface area (Å²) in [6, 6.07) is 2.53. The van der Waals surface area contributed by atoms with Gasteiger partial charge in [-0.1, -0.05) is 6.08 Å². The van der Waals surface area contributed by atoms with Crippen LogP contribution in [-0.4, -0.2) is 43.2 Å². The molecule has 2 N–H and O–H groups in total. The molecular formula is C21H23F3N4O4S. The van der Waals surface area contributed by atoms with Crippen molar-refractivity contribution in [2.45, 2.75) is 44.9 Å². The fourth-order valence-corrected chi connectivity index (χ4v) is 3.43. The quantitative estimate of drug-likeness (QED) is 0.532. The molecule has 1 heterocycles. The van der Waals surface area contributed by atoms with Gasteiger partial charge in [-0.15, -0.1) is 0 Å². The first-order chi connectivity index (χ1) is 15.5. The number of amides is 1. The molecule has 1 amide bonds. The van der Waals surface area contributed by atoms with Crippen molar-refractivity contribution < 1.29 is 31.1 Å². The van der Waals surface area contributed by atoms with Crippen molar-refractivity contribution in [3.63, 3.8) is 0 Å². The standard InChI is InChI=1S/C21H23F3N4O4S/c1-12(7-8-33(2,30)31)27-20(29)16-11-26-18(13-3-4-13)28-19(16)25-10-14-9-15(22)5-6-17(14)32-21(23)24/h5-9,11-13,21H,3-4,10H2,1-2H3,(H,27,29)(H,25,26,28)/b8-7+/t12-/m0/s1. The number of hydrogen-bond acceptors (Lipinski definition) is 7. The lowest BCUT2D eigenvalue weighted by Crippen LogP contribution is -2.32. The van der Waals surface area contributed by atoms with E-state index in [1.807, 2.05) is 0 Å². The summed E-state index contributed by atoms with van der Waals surface area (Å²) in [5.41, 5.74) is 0.171. The summed E-state index contributed by atoms with van der Waals surface area (Å²) < 4.78 is 66.1. The van der Waals surface area contributed by atoms with E-state index >= 15 is 0 Å². The van der Waals surface area contributed by atoms with Crippen LogP contribution in [0.4, 0.5) is 19.0 Å². The van der Waals surface area contributed by atoms with E-state index in [-0.39, 0.29) is 35.2 Å². The fourth-order valence-electron chi connectivity index (χ4n) is 2.90. The highest BCUT2D eigenvalue weighted by Gasteiger charge is 2.28. The van der Waals surface area contributed by atoms with Crippen molar-refractivity contribution in [3.8, 4) is 5.75 Å². The van der Waals surface area contributed by atoms with Crippen LogP contribution in [0.25, 0.3) is 0 Å². The normalized spacial score (nSPS) is 15.0. The lowest BCUT2D eigenvalue weighted by molar-refractivity contribution is -0.0504. The molecule has 1 aromatic heterocycles. The van der Waals surface area contributed by atoms with Crippen LogP contribution < -0.4 is 15.4 Å². The van der Waals surface area contributed by atoms with Gasteiger partial charge in [0.05, 0.1) is 0 Å². The topological polar surface area (TPSA) is 110 Å². The minimum Gasteiger partial charge on any atom is -0.434 e. The van der Waals surface area contributed by atoms with E-state index < -0.39 is 34.2 Å². The highest BCUT2D eigenvalue weighted by molar-refractivity contribution is 7.93. The van der Waals surface area contributed by atoms with E-state index in [1.165, 1.54) is 12.3 Å².